The molecular weight excluding hydrogens is 569 g/mol. The first kappa shape index (κ1) is 31.5. The van der Waals surface area contributed by atoms with Crippen molar-refractivity contribution in [3.05, 3.63) is 47.9 Å². The summed E-state index contributed by atoms with van der Waals surface area (Å²) >= 11 is 0. The van der Waals surface area contributed by atoms with Gasteiger partial charge in [-0.2, -0.15) is 14.6 Å². The zero-order chi connectivity index (χ0) is 31.8. The van der Waals surface area contributed by atoms with Gasteiger partial charge in [0, 0.05) is 31.2 Å². The third-order valence-electron chi connectivity index (χ3n) is 7.44. The molecule has 0 N–H and O–H groups in total. The largest absolute Gasteiger partial charge is 0.477 e. The minimum absolute atomic E-state index is 0.0295. The predicted molar refractivity (Wildman–Crippen MR) is 162 cm³/mol. The number of aromatic nitrogens is 3. The van der Waals surface area contributed by atoms with Gasteiger partial charge in [0.15, 0.2) is 11.5 Å². The molecule has 2 amide bonds. The number of hydrogen-bond donors (Lipinski definition) is 0. The first-order valence-corrected chi connectivity index (χ1v) is 15.0. The van der Waals surface area contributed by atoms with Crippen molar-refractivity contribution in [3.63, 3.8) is 0 Å². The number of fused-ring (bicyclic) bond motifs is 1. The van der Waals surface area contributed by atoms with Crippen molar-refractivity contribution < 1.29 is 32.9 Å². The Labute approximate surface area is 257 Å². The number of piperidine rings is 1. The number of anilines is 2. The van der Waals surface area contributed by atoms with E-state index in [1.165, 1.54) is 23.1 Å². The lowest BCUT2D eigenvalue weighted by molar-refractivity contribution is -0.0384. The highest BCUT2D eigenvalue weighted by Gasteiger charge is 2.35. The van der Waals surface area contributed by atoms with Gasteiger partial charge in [0.05, 0.1) is 31.1 Å². The normalized spacial score (nSPS) is 19.1. The number of rotatable bonds is 7. The van der Waals surface area contributed by atoms with Crippen LogP contribution in [0.1, 0.15) is 72.3 Å². The Bertz CT molecular complexity index is 1510. The fourth-order valence-electron chi connectivity index (χ4n) is 5.22. The molecule has 3 heterocycles. The highest BCUT2D eigenvalue weighted by Crippen LogP contribution is 2.43. The van der Waals surface area contributed by atoms with E-state index in [1.54, 1.807) is 55.6 Å². The number of likely N-dealkylation sites (tertiary alicyclic amines) is 1. The Balaban J connectivity index is 1.45. The molecule has 0 radical (unpaired) electrons. The predicted octanol–water partition coefficient (Wildman–Crippen LogP) is 6.47. The lowest BCUT2D eigenvalue weighted by Gasteiger charge is -2.38. The molecule has 12 heteroatoms. The van der Waals surface area contributed by atoms with Crippen LogP contribution in [0.2, 0.25) is 0 Å². The van der Waals surface area contributed by atoms with E-state index in [2.05, 4.69) is 5.10 Å². The second-order valence-electron chi connectivity index (χ2n) is 13.4. The molecule has 2 atom stereocenters. The number of hydrogen-bond acceptors (Lipinski definition) is 8. The number of carbonyl (C=O) groups is 2. The molecule has 5 rings (SSSR count). The smallest absolute Gasteiger partial charge is 0.420 e. The van der Waals surface area contributed by atoms with Crippen LogP contribution >= 0.6 is 0 Å². The standard InChI is InChI=1S/C32H42FN5O6/c1-31(2,3)43-29(39)36-14-13-21(25(18-36)41-7)19-42-26-16-27(38-28(35-26)24(17-34-38)20-11-12-20)37(30(40)44-32(4,5)6)23-10-8-9-22(33)15-23/h8-10,15-17,20-21,25H,11-14,18-19H2,1-7H3. The number of ether oxygens (including phenoxy) is 4. The SMILES string of the molecule is COC1CN(C(=O)OC(C)(C)C)CCC1COc1cc(N(C(=O)OC(C)(C)C)c2cccc(F)c2)n2ncc(C3CC3)c2n1. The van der Waals surface area contributed by atoms with E-state index in [0.717, 1.165) is 18.4 Å². The molecule has 0 spiro atoms. The van der Waals surface area contributed by atoms with Crippen molar-refractivity contribution in [1.82, 2.24) is 19.5 Å². The summed E-state index contributed by atoms with van der Waals surface area (Å²) < 4.78 is 39.4. The molecular formula is C32H42FN5O6. The molecule has 2 aliphatic rings. The fraction of sp³-hybridized carbons (Fsp3) is 0.562. The van der Waals surface area contributed by atoms with Crippen LogP contribution in [0, 0.1) is 11.7 Å². The summed E-state index contributed by atoms with van der Waals surface area (Å²) in [5.74, 6) is 0.379. The molecule has 2 aromatic heterocycles. The minimum Gasteiger partial charge on any atom is -0.477 e. The van der Waals surface area contributed by atoms with Gasteiger partial charge >= 0.3 is 12.2 Å². The van der Waals surface area contributed by atoms with Gasteiger partial charge in [0.25, 0.3) is 0 Å². The van der Waals surface area contributed by atoms with Gasteiger partial charge in [-0.1, -0.05) is 6.07 Å². The molecule has 2 fully saturated rings. The Hall–Kier alpha value is -3.93. The van der Waals surface area contributed by atoms with Crippen molar-refractivity contribution in [2.24, 2.45) is 5.92 Å². The molecule has 3 aromatic rings. The van der Waals surface area contributed by atoms with Gasteiger partial charge in [0.1, 0.15) is 17.0 Å². The highest BCUT2D eigenvalue weighted by molar-refractivity contribution is 5.95. The fourth-order valence-corrected chi connectivity index (χ4v) is 5.22. The molecule has 1 saturated heterocycles. The molecule has 2 unspecified atom stereocenters. The summed E-state index contributed by atoms with van der Waals surface area (Å²) in [6, 6.07) is 7.36. The van der Waals surface area contributed by atoms with E-state index in [9.17, 15) is 14.0 Å². The number of methoxy groups -OCH3 is 1. The van der Waals surface area contributed by atoms with Crippen molar-refractivity contribution in [2.45, 2.75) is 84.0 Å². The van der Waals surface area contributed by atoms with Crippen LogP contribution in [0.3, 0.4) is 0 Å². The molecule has 0 bridgehead atoms. The van der Waals surface area contributed by atoms with Gasteiger partial charge in [-0.15, -0.1) is 0 Å². The number of halogens is 1. The minimum atomic E-state index is -0.805. The Kier molecular flexibility index (Phi) is 8.75. The molecule has 1 aromatic carbocycles. The summed E-state index contributed by atoms with van der Waals surface area (Å²) in [5, 5.41) is 4.58. The van der Waals surface area contributed by atoms with E-state index < -0.39 is 23.1 Å². The molecule has 11 nitrogen and oxygen atoms in total. The van der Waals surface area contributed by atoms with Crippen LogP contribution in [0.5, 0.6) is 5.88 Å². The van der Waals surface area contributed by atoms with Crippen molar-refractivity contribution in [3.8, 4) is 5.88 Å². The van der Waals surface area contributed by atoms with Gasteiger partial charge in [-0.3, -0.25) is 0 Å². The first-order valence-electron chi connectivity index (χ1n) is 15.0. The number of carbonyl (C=O) groups excluding carboxylic acids is 2. The summed E-state index contributed by atoms with van der Waals surface area (Å²) in [4.78, 5) is 34.1. The molecule has 1 aliphatic heterocycles. The first-order chi connectivity index (χ1) is 20.7. The monoisotopic (exact) mass is 611 g/mol. The third kappa shape index (κ3) is 7.40. The van der Waals surface area contributed by atoms with Crippen LogP contribution in [0.25, 0.3) is 5.65 Å². The van der Waals surface area contributed by atoms with Gasteiger partial charge < -0.3 is 23.8 Å². The second kappa shape index (κ2) is 12.2. The van der Waals surface area contributed by atoms with E-state index >= 15 is 0 Å². The summed E-state index contributed by atoms with van der Waals surface area (Å²) in [6.07, 6.45) is 3.10. The summed E-state index contributed by atoms with van der Waals surface area (Å²) in [5.41, 5.74) is 0.400. The van der Waals surface area contributed by atoms with Crippen LogP contribution < -0.4 is 9.64 Å². The lowest BCUT2D eigenvalue weighted by Crippen LogP contribution is -2.50. The van der Waals surface area contributed by atoms with E-state index in [1.807, 2.05) is 20.8 Å². The topological polar surface area (TPSA) is 108 Å². The van der Waals surface area contributed by atoms with Crippen LogP contribution in [-0.2, 0) is 14.2 Å². The number of benzene rings is 1. The average Bonchev–Trinajstić information content (AvgIpc) is 3.68. The maximum Gasteiger partial charge on any atom is 0.420 e. The van der Waals surface area contributed by atoms with Crippen LogP contribution in [-0.4, -0.2) is 75.8 Å². The van der Waals surface area contributed by atoms with E-state index in [4.69, 9.17) is 23.9 Å². The maximum atomic E-state index is 14.4. The Morgan fingerprint density at radius 1 is 1.05 bits per heavy atom. The van der Waals surface area contributed by atoms with Gasteiger partial charge in [-0.05, 0) is 84.9 Å². The van der Waals surface area contributed by atoms with E-state index in [0.29, 0.717) is 36.9 Å². The van der Waals surface area contributed by atoms with E-state index in [-0.39, 0.29) is 36.3 Å². The van der Waals surface area contributed by atoms with Gasteiger partial charge in [-0.25, -0.2) is 18.9 Å². The molecule has 238 valence electrons. The van der Waals surface area contributed by atoms with Crippen LogP contribution in [0.15, 0.2) is 36.5 Å². The molecule has 44 heavy (non-hydrogen) atoms. The molecule has 1 aliphatic carbocycles. The van der Waals surface area contributed by atoms with Crippen LogP contribution in [0.4, 0.5) is 25.5 Å². The quantitative estimate of drug-likeness (QED) is 0.299. The molecule has 1 saturated carbocycles. The third-order valence-corrected chi connectivity index (χ3v) is 7.44. The Morgan fingerprint density at radius 3 is 2.41 bits per heavy atom. The highest BCUT2D eigenvalue weighted by atomic mass is 19.1. The number of nitrogens with zero attached hydrogens (tertiary/aromatic N) is 5. The lowest BCUT2D eigenvalue weighted by atomic mass is 9.95. The number of amides is 2. The summed E-state index contributed by atoms with van der Waals surface area (Å²) in [6.45, 7) is 12.0. The second-order valence-corrected chi connectivity index (χ2v) is 13.4. The average molecular weight is 612 g/mol. The van der Waals surface area contributed by atoms with Crippen molar-refractivity contribution >= 4 is 29.3 Å². The van der Waals surface area contributed by atoms with Gasteiger partial charge in [0.2, 0.25) is 5.88 Å². The summed E-state index contributed by atoms with van der Waals surface area (Å²) in [7, 11) is 1.62. The van der Waals surface area contributed by atoms with Crippen molar-refractivity contribution in [2.75, 3.05) is 31.7 Å². The van der Waals surface area contributed by atoms with Crippen molar-refractivity contribution in [1.29, 1.82) is 0 Å². The maximum absolute atomic E-state index is 14.4. The zero-order valence-electron chi connectivity index (χ0n) is 26.5. The zero-order valence-corrected chi connectivity index (χ0v) is 26.5. The Morgan fingerprint density at radius 2 is 1.77 bits per heavy atom.